The number of benzene rings is 1. The molecule has 0 fully saturated rings. The van der Waals surface area contributed by atoms with Gasteiger partial charge in [-0.1, -0.05) is 18.2 Å². The lowest BCUT2D eigenvalue weighted by Gasteiger charge is -2.04. The number of aromatic nitrogens is 1. The fraction of sp³-hybridized carbons (Fsp3) is 0.0833. The molecule has 0 N–H and O–H groups in total. The minimum atomic E-state index is 0.982. The molecule has 1 aromatic carbocycles. The van der Waals surface area contributed by atoms with Crippen LogP contribution in [0.2, 0.25) is 0 Å². The van der Waals surface area contributed by atoms with Gasteiger partial charge in [0.1, 0.15) is 0 Å². The molecule has 0 saturated carbocycles. The Kier molecular flexibility index (Phi) is 2.55. The molecule has 1 nitrogen and oxygen atoms in total. The number of nitrogens with zero attached hydrogens (tertiary/aromatic N) is 1. The minimum Gasteiger partial charge on any atom is -0.261 e. The SMILES string of the molecule is Cc1ncccc1-c1ccc(S)cc1. The van der Waals surface area contributed by atoms with Gasteiger partial charge in [0.25, 0.3) is 0 Å². The minimum absolute atomic E-state index is 0.982. The van der Waals surface area contributed by atoms with E-state index in [1.165, 1.54) is 11.1 Å². The lowest BCUT2D eigenvalue weighted by molar-refractivity contribution is 1.20. The highest BCUT2D eigenvalue weighted by atomic mass is 32.1. The van der Waals surface area contributed by atoms with E-state index in [-0.39, 0.29) is 0 Å². The summed E-state index contributed by atoms with van der Waals surface area (Å²) >= 11 is 4.25. The molecular weight excluding hydrogens is 190 g/mol. The van der Waals surface area contributed by atoms with Gasteiger partial charge in [0, 0.05) is 22.3 Å². The molecule has 14 heavy (non-hydrogen) atoms. The van der Waals surface area contributed by atoms with Crippen molar-refractivity contribution in [3.05, 3.63) is 48.3 Å². The Balaban J connectivity index is 2.50. The molecule has 0 aliphatic rings. The van der Waals surface area contributed by atoms with Crippen molar-refractivity contribution in [1.29, 1.82) is 0 Å². The van der Waals surface area contributed by atoms with Crippen LogP contribution in [0.5, 0.6) is 0 Å². The van der Waals surface area contributed by atoms with E-state index in [0.717, 1.165) is 10.6 Å². The zero-order valence-electron chi connectivity index (χ0n) is 7.94. The molecule has 0 unspecified atom stereocenters. The average Bonchev–Trinajstić information content (AvgIpc) is 2.20. The van der Waals surface area contributed by atoms with Crippen molar-refractivity contribution in [3.63, 3.8) is 0 Å². The predicted molar refractivity (Wildman–Crippen MR) is 61.7 cm³/mol. The van der Waals surface area contributed by atoms with Crippen molar-refractivity contribution in [2.45, 2.75) is 11.8 Å². The summed E-state index contributed by atoms with van der Waals surface area (Å²) in [5, 5.41) is 0. The third-order valence-electron chi connectivity index (χ3n) is 2.19. The normalized spacial score (nSPS) is 10.1. The largest absolute Gasteiger partial charge is 0.261 e. The summed E-state index contributed by atoms with van der Waals surface area (Å²) < 4.78 is 0. The second-order valence-electron chi connectivity index (χ2n) is 3.18. The number of pyridine rings is 1. The van der Waals surface area contributed by atoms with Gasteiger partial charge in [-0.2, -0.15) is 0 Å². The molecule has 0 bridgehead atoms. The van der Waals surface area contributed by atoms with E-state index < -0.39 is 0 Å². The smallest absolute Gasteiger partial charge is 0.0450 e. The topological polar surface area (TPSA) is 12.9 Å². The summed E-state index contributed by atoms with van der Waals surface area (Å²) in [5.74, 6) is 0. The van der Waals surface area contributed by atoms with Gasteiger partial charge >= 0.3 is 0 Å². The molecule has 0 aliphatic carbocycles. The van der Waals surface area contributed by atoms with Gasteiger partial charge in [0.05, 0.1) is 0 Å². The van der Waals surface area contributed by atoms with E-state index in [1.807, 2.05) is 31.3 Å². The second kappa shape index (κ2) is 3.84. The van der Waals surface area contributed by atoms with Crippen molar-refractivity contribution in [1.82, 2.24) is 4.98 Å². The van der Waals surface area contributed by atoms with Crippen LogP contribution in [-0.4, -0.2) is 4.98 Å². The van der Waals surface area contributed by atoms with E-state index in [2.05, 4.69) is 35.8 Å². The van der Waals surface area contributed by atoms with Gasteiger partial charge in [-0.3, -0.25) is 4.98 Å². The lowest BCUT2D eigenvalue weighted by atomic mass is 10.1. The highest BCUT2D eigenvalue weighted by molar-refractivity contribution is 7.80. The van der Waals surface area contributed by atoms with Crippen LogP contribution in [-0.2, 0) is 0 Å². The standard InChI is InChI=1S/C12H11NS/c1-9-12(3-2-8-13-9)10-4-6-11(14)7-5-10/h2-8,14H,1H3. The molecule has 70 valence electrons. The molecule has 0 amide bonds. The predicted octanol–water partition coefficient (Wildman–Crippen LogP) is 3.35. The summed E-state index contributed by atoms with van der Waals surface area (Å²) in [5.41, 5.74) is 3.42. The van der Waals surface area contributed by atoms with Crippen LogP contribution in [0.3, 0.4) is 0 Å². The number of rotatable bonds is 1. The molecule has 0 saturated heterocycles. The first-order valence-electron chi connectivity index (χ1n) is 4.48. The Morgan fingerprint density at radius 1 is 1.07 bits per heavy atom. The summed E-state index contributed by atoms with van der Waals surface area (Å²) in [7, 11) is 0. The Labute approximate surface area is 89.2 Å². The Morgan fingerprint density at radius 2 is 1.79 bits per heavy atom. The Bertz CT molecular complexity index is 434. The van der Waals surface area contributed by atoms with Crippen LogP contribution in [0.1, 0.15) is 5.69 Å². The summed E-state index contributed by atoms with van der Waals surface area (Å²) in [4.78, 5) is 5.24. The van der Waals surface area contributed by atoms with Crippen LogP contribution in [0.15, 0.2) is 47.5 Å². The van der Waals surface area contributed by atoms with Crippen molar-refractivity contribution < 1.29 is 0 Å². The molecule has 2 aromatic rings. The van der Waals surface area contributed by atoms with Crippen molar-refractivity contribution in [2.75, 3.05) is 0 Å². The molecule has 1 aromatic heterocycles. The number of aryl methyl sites for hydroxylation is 1. The maximum atomic E-state index is 4.26. The van der Waals surface area contributed by atoms with Gasteiger partial charge in [-0.05, 0) is 30.7 Å². The molecule has 2 heteroatoms. The molecule has 0 spiro atoms. The highest BCUT2D eigenvalue weighted by Crippen LogP contribution is 2.22. The zero-order valence-corrected chi connectivity index (χ0v) is 8.83. The summed E-state index contributed by atoms with van der Waals surface area (Å²) in [6.07, 6.45) is 1.81. The van der Waals surface area contributed by atoms with Crippen molar-refractivity contribution >= 4 is 12.6 Å². The first-order chi connectivity index (χ1) is 6.77. The fourth-order valence-corrected chi connectivity index (χ4v) is 1.58. The van der Waals surface area contributed by atoms with E-state index in [0.29, 0.717) is 0 Å². The van der Waals surface area contributed by atoms with Gasteiger partial charge in [0.15, 0.2) is 0 Å². The molecule has 2 rings (SSSR count). The van der Waals surface area contributed by atoms with Gasteiger partial charge in [-0.15, -0.1) is 12.6 Å². The van der Waals surface area contributed by atoms with Crippen molar-refractivity contribution in [2.24, 2.45) is 0 Å². The fourth-order valence-electron chi connectivity index (χ4n) is 1.43. The van der Waals surface area contributed by atoms with Crippen molar-refractivity contribution in [3.8, 4) is 11.1 Å². The first kappa shape index (κ1) is 9.28. The third-order valence-corrected chi connectivity index (χ3v) is 2.48. The van der Waals surface area contributed by atoms with Gasteiger partial charge < -0.3 is 0 Å². The number of thiol groups is 1. The van der Waals surface area contributed by atoms with Crippen LogP contribution < -0.4 is 0 Å². The average molecular weight is 201 g/mol. The maximum Gasteiger partial charge on any atom is 0.0450 e. The van der Waals surface area contributed by atoms with Crippen LogP contribution >= 0.6 is 12.6 Å². The first-order valence-corrected chi connectivity index (χ1v) is 4.93. The number of hydrogen-bond acceptors (Lipinski definition) is 2. The van der Waals surface area contributed by atoms with Gasteiger partial charge in [0.2, 0.25) is 0 Å². The Hall–Kier alpha value is -1.28. The van der Waals surface area contributed by atoms with Gasteiger partial charge in [-0.25, -0.2) is 0 Å². The number of hydrogen-bond donors (Lipinski definition) is 1. The molecule has 1 heterocycles. The lowest BCUT2D eigenvalue weighted by Crippen LogP contribution is -1.85. The Morgan fingerprint density at radius 3 is 2.43 bits per heavy atom. The molecule has 0 atom stereocenters. The monoisotopic (exact) mass is 201 g/mol. The van der Waals surface area contributed by atoms with E-state index in [4.69, 9.17) is 0 Å². The highest BCUT2D eigenvalue weighted by Gasteiger charge is 2.00. The third kappa shape index (κ3) is 1.80. The quantitative estimate of drug-likeness (QED) is 0.698. The van der Waals surface area contributed by atoms with Crippen LogP contribution in [0.4, 0.5) is 0 Å². The zero-order chi connectivity index (χ0) is 9.97. The molecule has 0 aliphatic heterocycles. The molecule has 0 radical (unpaired) electrons. The summed E-state index contributed by atoms with van der Waals surface area (Å²) in [6.45, 7) is 2.02. The van der Waals surface area contributed by atoms with Crippen LogP contribution in [0.25, 0.3) is 11.1 Å². The van der Waals surface area contributed by atoms with E-state index in [9.17, 15) is 0 Å². The second-order valence-corrected chi connectivity index (χ2v) is 3.70. The van der Waals surface area contributed by atoms with Crippen LogP contribution in [0, 0.1) is 6.92 Å². The molecular formula is C12H11NS. The maximum absolute atomic E-state index is 4.26. The van der Waals surface area contributed by atoms with E-state index >= 15 is 0 Å². The van der Waals surface area contributed by atoms with E-state index in [1.54, 1.807) is 0 Å². The summed E-state index contributed by atoms with van der Waals surface area (Å²) in [6, 6.07) is 12.1.